The van der Waals surface area contributed by atoms with Crippen LogP contribution in [-0.2, 0) is 0 Å². The van der Waals surface area contributed by atoms with Gasteiger partial charge in [0.15, 0.2) is 0 Å². The van der Waals surface area contributed by atoms with E-state index in [1.54, 1.807) is 6.21 Å². The molecule has 0 N–H and O–H groups in total. The fourth-order valence-corrected chi connectivity index (χ4v) is 0.930. The van der Waals surface area contributed by atoms with Crippen molar-refractivity contribution >= 4 is 6.21 Å². The molecule has 0 aliphatic heterocycles. The molecule has 0 radical (unpaired) electrons. The Hall–Kier alpha value is -0.850. The van der Waals surface area contributed by atoms with Crippen LogP contribution in [0.4, 0.5) is 0 Å². The van der Waals surface area contributed by atoms with Crippen LogP contribution < -0.4 is 0 Å². The van der Waals surface area contributed by atoms with E-state index in [9.17, 15) is 0 Å². The van der Waals surface area contributed by atoms with Crippen LogP contribution in [0.3, 0.4) is 0 Å². The Morgan fingerprint density at radius 3 is 2.64 bits per heavy atom. The standard InChI is InChI=1S/C10H17N/c1-5-7-9(3)8-10(4)11-6-2/h6,8H,3,5,7H2,1-2,4H3/b10-8-,11-6?. The van der Waals surface area contributed by atoms with Gasteiger partial charge in [0.1, 0.15) is 0 Å². The topological polar surface area (TPSA) is 12.4 Å². The molecule has 0 amide bonds. The summed E-state index contributed by atoms with van der Waals surface area (Å²) in [5.74, 6) is 0. The summed E-state index contributed by atoms with van der Waals surface area (Å²) in [7, 11) is 0. The van der Waals surface area contributed by atoms with E-state index < -0.39 is 0 Å². The highest BCUT2D eigenvalue weighted by molar-refractivity contribution is 5.55. The average Bonchev–Trinajstić information content (AvgIpc) is 1.87. The van der Waals surface area contributed by atoms with Gasteiger partial charge in [-0.3, -0.25) is 4.99 Å². The molecule has 62 valence electrons. The molecule has 0 rings (SSSR count). The van der Waals surface area contributed by atoms with Crippen LogP contribution in [0, 0.1) is 0 Å². The maximum atomic E-state index is 4.12. The van der Waals surface area contributed by atoms with E-state index in [1.807, 2.05) is 19.9 Å². The van der Waals surface area contributed by atoms with Crippen molar-refractivity contribution in [2.45, 2.75) is 33.6 Å². The quantitative estimate of drug-likeness (QED) is 0.431. The molecule has 0 aromatic rings. The second-order valence-electron chi connectivity index (χ2n) is 2.58. The predicted octanol–water partition coefficient (Wildman–Crippen LogP) is 3.34. The van der Waals surface area contributed by atoms with Gasteiger partial charge in [0.05, 0.1) is 0 Å². The molecule has 11 heavy (non-hydrogen) atoms. The second-order valence-corrected chi connectivity index (χ2v) is 2.58. The van der Waals surface area contributed by atoms with Gasteiger partial charge in [-0.1, -0.05) is 25.5 Å². The number of nitrogens with zero attached hydrogens (tertiary/aromatic N) is 1. The van der Waals surface area contributed by atoms with Crippen molar-refractivity contribution in [1.82, 2.24) is 0 Å². The number of allylic oxidation sites excluding steroid dienone is 3. The summed E-state index contributed by atoms with van der Waals surface area (Å²) in [5.41, 5.74) is 2.20. The fraction of sp³-hybridized carbons (Fsp3) is 0.500. The van der Waals surface area contributed by atoms with E-state index in [0.717, 1.165) is 24.1 Å². The lowest BCUT2D eigenvalue weighted by atomic mass is 10.1. The summed E-state index contributed by atoms with van der Waals surface area (Å²) >= 11 is 0. The highest BCUT2D eigenvalue weighted by Crippen LogP contribution is 2.06. The van der Waals surface area contributed by atoms with E-state index in [2.05, 4.69) is 18.5 Å². The normalized spacial score (nSPS) is 12.5. The summed E-state index contributed by atoms with van der Waals surface area (Å²) in [4.78, 5) is 4.12. The van der Waals surface area contributed by atoms with Gasteiger partial charge in [-0.15, -0.1) is 0 Å². The van der Waals surface area contributed by atoms with Crippen molar-refractivity contribution < 1.29 is 0 Å². The second kappa shape index (κ2) is 5.90. The monoisotopic (exact) mass is 151 g/mol. The van der Waals surface area contributed by atoms with Crippen molar-refractivity contribution in [3.05, 3.63) is 23.9 Å². The minimum atomic E-state index is 1.03. The Morgan fingerprint density at radius 2 is 2.18 bits per heavy atom. The van der Waals surface area contributed by atoms with Gasteiger partial charge in [-0.25, -0.2) is 0 Å². The molecule has 1 nitrogen and oxygen atoms in total. The predicted molar refractivity (Wildman–Crippen MR) is 52.0 cm³/mol. The molecule has 1 heteroatoms. The van der Waals surface area contributed by atoms with Crippen LogP contribution >= 0.6 is 0 Å². The zero-order chi connectivity index (χ0) is 8.69. The van der Waals surface area contributed by atoms with E-state index in [1.165, 1.54) is 0 Å². The largest absolute Gasteiger partial charge is 0.266 e. The van der Waals surface area contributed by atoms with Crippen molar-refractivity contribution in [2.24, 2.45) is 4.99 Å². The van der Waals surface area contributed by atoms with Crippen molar-refractivity contribution in [3.63, 3.8) is 0 Å². The third-order valence-electron chi connectivity index (χ3n) is 1.32. The lowest BCUT2D eigenvalue weighted by molar-refractivity contribution is 0.927. The summed E-state index contributed by atoms with van der Waals surface area (Å²) < 4.78 is 0. The molecule has 0 bridgehead atoms. The lowest BCUT2D eigenvalue weighted by Gasteiger charge is -1.96. The van der Waals surface area contributed by atoms with Crippen LogP contribution in [0.25, 0.3) is 0 Å². The number of rotatable bonds is 4. The van der Waals surface area contributed by atoms with Crippen LogP contribution in [0.5, 0.6) is 0 Å². The Morgan fingerprint density at radius 1 is 1.55 bits per heavy atom. The minimum absolute atomic E-state index is 1.03. The van der Waals surface area contributed by atoms with Gasteiger partial charge in [0.25, 0.3) is 0 Å². The van der Waals surface area contributed by atoms with Gasteiger partial charge in [0.2, 0.25) is 0 Å². The molecule has 0 heterocycles. The molecule has 0 unspecified atom stereocenters. The Balaban J connectivity index is 3.96. The third-order valence-corrected chi connectivity index (χ3v) is 1.32. The van der Waals surface area contributed by atoms with E-state index in [-0.39, 0.29) is 0 Å². The summed E-state index contributed by atoms with van der Waals surface area (Å²) in [5, 5.41) is 0. The Kier molecular flexibility index (Phi) is 5.44. The molecule has 0 aliphatic rings. The summed E-state index contributed by atoms with van der Waals surface area (Å²) in [6.07, 6.45) is 6.05. The van der Waals surface area contributed by atoms with Gasteiger partial charge in [-0.05, 0) is 26.3 Å². The molecule has 0 aromatic heterocycles. The van der Waals surface area contributed by atoms with Crippen molar-refractivity contribution in [3.8, 4) is 0 Å². The van der Waals surface area contributed by atoms with Gasteiger partial charge in [-0.2, -0.15) is 0 Å². The molecule has 0 aromatic carbocycles. The molecule has 0 atom stereocenters. The summed E-state index contributed by atoms with van der Waals surface area (Å²) in [6, 6.07) is 0. The molecule has 0 saturated heterocycles. The smallest absolute Gasteiger partial charge is 0.0371 e. The SMILES string of the molecule is C=C(/C=C(/C)N=CC)CCC. The van der Waals surface area contributed by atoms with Crippen LogP contribution in [0.2, 0.25) is 0 Å². The van der Waals surface area contributed by atoms with Crippen molar-refractivity contribution in [1.29, 1.82) is 0 Å². The first kappa shape index (κ1) is 10.2. The zero-order valence-electron chi connectivity index (χ0n) is 7.72. The molecule has 0 saturated carbocycles. The number of hydrogen-bond acceptors (Lipinski definition) is 1. The maximum Gasteiger partial charge on any atom is 0.0371 e. The van der Waals surface area contributed by atoms with Gasteiger partial charge >= 0.3 is 0 Å². The number of aliphatic imine (C=N–C) groups is 1. The number of hydrogen-bond donors (Lipinski definition) is 0. The van der Waals surface area contributed by atoms with Crippen LogP contribution in [0.1, 0.15) is 33.6 Å². The first-order chi connectivity index (χ1) is 5.20. The first-order valence-electron chi connectivity index (χ1n) is 4.05. The molecule has 0 fully saturated rings. The van der Waals surface area contributed by atoms with E-state index in [0.29, 0.717) is 0 Å². The minimum Gasteiger partial charge on any atom is -0.266 e. The Bertz CT molecular complexity index is 175. The molecular formula is C10H17N. The third kappa shape index (κ3) is 5.59. The van der Waals surface area contributed by atoms with Crippen LogP contribution in [0.15, 0.2) is 28.9 Å². The molecule has 0 spiro atoms. The van der Waals surface area contributed by atoms with Crippen LogP contribution in [-0.4, -0.2) is 6.21 Å². The highest BCUT2D eigenvalue weighted by Gasteiger charge is 1.87. The highest BCUT2D eigenvalue weighted by atomic mass is 14.7. The van der Waals surface area contributed by atoms with Gasteiger partial charge < -0.3 is 0 Å². The van der Waals surface area contributed by atoms with Gasteiger partial charge in [0, 0.05) is 11.9 Å². The molecular weight excluding hydrogens is 134 g/mol. The Labute approximate surface area is 69.5 Å². The lowest BCUT2D eigenvalue weighted by Crippen LogP contribution is -1.77. The molecule has 0 aliphatic carbocycles. The maximum absolute atomic E-state index is 4.12. The average molecular weight is 151 g/mol. The van der Waals surface area contributed by atoms with Crippen molar-refractivity contribution in [2.75, 3.05) is 0 Å². The zero-order valence-corrected chi connectivity index (χ0v) is 7.72. The fourth-order valence-electron chi connectivity index (χ4n) is 0.930. The first-order valence-corrected chi connectivity index (χ1v) is 4.05. The van der Waals surface area contributed by atoms with E-state index >= 15 is 0 Å². The van der Waals surface area contributed by atoms with E-state index in [4.69, 9.17) is 0 Å². The summed E-state index contributed by atoms with van der Waals surface area (Å²) in [6.45, 7) is 9.97.